The van der Waals surface area contributed by atoms with Gasteiger partial charge < -0.3 is 0 Å². The van der Waals surface area contributed by atoms with Gasteiger partial charge in [0.15, 0.2) is 5.78 Å². The van der Waals surface area contributed by atoms with Gasteiger partial charge in [-0.3, -0.25) is 9.69 Å². The molecule has 0 aromatic rings. The molecule has 0 bridgehead atoms. The normalized spacial score (nSPS) is 18.9. The Morgan fingerprint density at radius 2 is 1.56 bits per heavy atom. The number of hydrogen-bond acceptors (Lipinski definition) is 2. The largest absolute Gasteiger partial charge is 0.298 e. The van der Waals surface area contributed by atoms with Crippen LogP contribution in [0.3, 0.4) is 0 Å². The van der Waals surface area contributed by atoms with E-state index in [-0.39, 0.29) is 5.54 Å². The standard InChI is InChI=1S/C16H31NO/c1-5-14(6-2)13-15(18)16(3,4)17-11-9-7-8-10-12-17/h14H,5-13H2,1-4H3. The van der Waals surface area contributed by atoms with Crippen molar-refractivity contribution < 1.29 is 4.79 Å². The second-order valence-electron chi connectivity index (χ2n) is 6.27. The highest BCUT2D eigenvalue weighted by molar-refractivity contribution is 5.87. The molecule has 0 radical (unpaired) electrons. The van der Waals surface area contributed by atoms with Crippen LogP contribution in [-0.4, -0.2) is 29.3 Å². The van der Waals surface area contributed by atoms with Crippen molar-refractivity contribution in [2.75, 3.05) is 13.1 Å². The van der Waals surface area contributed by atoms with Crippen LogP contribution in [0.25, 0.3) is 0 Å². The van der Waals surface area contributed by atoms with Crippen LogP contribution >= 0.6 is 0 Å². The molecule has 1 rings (SSSR count). The topological polar surface area (TPSA) is 20.3 Å². The molecular formula is C16H31NO. The van der Waals surface area contributed by atoms with Gasteiger partial charge in [0.25, 0.3) is 0 Å². The molecule has 1 heterocycles. The smallest absolute Gasteiger partial charge is 0.152 e. The molecule has 0 unspecified atom stereocenters. The van der Waals surface area contributed by atoms with Crippen molar-refractivity contribution in [3.63, 3.8) is 0 Å². The van der Waals surface area contributed by atoms with Gasteiger partial charge in [0.05, 0.1) is 5.54 Å². The molecule has 0 aromatic carbocycles. The summed E-state index contributed by atoms with van der Waals surface area (Å²) in [7, 11) is 0. The van der Waals surface area contributed by atoms with Gasteiger partial charge in [-0.1, -0.05) is 39.5 Å². The van der Waals surface area contributed by atoms with Crippen LogP contribution in [0.1, 0.15) is 72.6 Å². The summed E-state index contributed by atoms with van der Waals surface area (Å²) in [4.78, 5) is 15.0. The first kappa shape index (κ1) is 15.7. The summed E-state index contributed by atoms with van der Waals surface area (Å²) < 4.78 is 0. The van der Waals surface area contributed by atoms with Crippen LogP contribution in [0.2, 0.25) is 0 Å². The Hall–Kier alpha value is -0.370. The zero-order valence-electron chi connectivity index (χ0n) is 12.8. The Morgan fingerprint density at radius 1 is 1.06 bits per heavy atom. The van der Waals surface area contributed by atoms with Crippen LogP contribution in [0.5, 0.6) is 0 Å². The molecule has 0 saturated carbocycles. The highest BCUT2D eigenvalue weighted by Gasteiger charge is 2.34. The summed E-state index contributed by atoms with van der Waals surface area (Å²) in [6.45, 7) is 10.8. The van der Waals surface area contributed by atoms with Crippen LogP contribution in [-0.2, 0) is 4.79 Å². The number of rotatable bonds is 6. The predicted octanol–water partition coefficient (Wildman–Crippen LogP) is 4.04. The summed E-state index contributed by atoms with van der Waals surface area (Å²) in [5.74, 6) is 1.02. The Labute approximate surface area is 113 Å². The van der Waals surface area contributed by atoms with Crippen molar-refractivity contribution in [2.45, 2.75) is 78.2 Å². The fourth-order valence-corrected chi connectivity index (χ4v) is 2.90. The van der Waals surface area contributed by atoms with Gasteiger partial charge in [0.2, 0.25) is 0 Å². The molecule has 0 aliphatic carbocycles. The van der Waals surface area contributed by atoms with E-state index in [4.69, 9.17) is 0 Å². The van der Waals surface area contributed by atoms with Crippen molar-refractivity contribution in [1.29, 1.82) is 0 Å². The fraction of sp³-hybridized carbons (Fsp3) is 0.938. The molecule has 1 fully saturated rings. The maximum atomic E-state index is 12.6. The molecule has 0 atom stereocenters. The van der Waals surface area contributed by atoms with E-state index in [1.807, 2.05) is 0 Å². The molecule has 0 aromatic heterocycles. The zero-order valence-corrected chi connectivity index (χ0v) is 12.8. The number of nitrogens with zero attached hydrogens (tertiary/aromatic N) is 1. The van der Waals surface area contributed by atoms with Gasteiger partial charge in [-0.05, 0) is 45.7 Å². The average molecular weight is 253 g/mol. The molecule has 2 nitrogen and oxygen atoms in total. The zero-order chi connectivity index (χ0) is 13.6. The summed E-state index contributed by atoms with van der Waals surface area (Å²) in [5.41, 5.74) is -0.257. The van der Waals surface area contributed by atoms with Crippen molar-refractivity contribution in [3.8, 4) is 0 Å². The first-order valence-corrected chi connectivity index (χ1v) is 7.80. The number of carbonyl (C=O) groups is 1. The molecule has 0 N–H and O–H groups in total. The third-order valence-electron chi connectivity index (χ3n) is 4.71. The van der Waals surface area contributed by atoms with Crippen molar-refractivity contribution in [3.05, 3.63) is 0 Å². The predicted molar refractivity (Wildman–Crippen MR) is 77.8 cm³/mol. The highest BCUT2D eigenvalue weighted by Crippen LogP contribution is 2.25. The first-order valence-electron chi connectivity index (χ1n) is 7.80. The minimum absolute atomic E-state index is 0.257. The van der Waals surface area contributed by atoms with E-state index < -0.39 is 0 Å². The number of carbonyl (C=O) groups excluding carboxylic acids is 1. The van der Waals surface area contributed by atoms with Crippen molar-refractivity contribution >= 4 is 5.78 Å². The lowest BCUT2D eigenvalue weighted by molar-refractivity contribution is -0.130. The second-order valence-corrected chi connectivity index (χ2v) is 6.27. The molecule has 106 valence electrons. The van der Waals surface area contributed by atoms with E-state index in [0.717, 1.165) is 32.4 Å². The van der Waals surface area contributed by atoms with E-state index in [1.165, 1.54) is 25.7 Å². The molecule has 1 aliphatic rings. The van der Waals surface area contributed by atoms with Crippen LogP contribution in [0.4, 0.5) is 0 Å². The van der Waals surface area contributed by atoms with E-state index >= 15 is 0 Å². The van der Waals surface area contributed by atoms with Crippen LogP contribution in [0, 0.1) is 5.92 Å². The van der Waals surface area contributed by atoms with Crippen molar-refractivity contribution in [1.82, 2.24) is 4.90 Å². The quantitative estimate of drug-likeness (QED) is 0.712. The SMILES string of the molecule is CCC(CC)CC(=O)C(C)(C)N1CCCCCC1. The molecule has 18 heavy (non-hydrogen) atoms. The van der Waals surface area contributed by atoms with E-state index in [2.05, 4.69) is 32.6 Å². The number of ketones is 1. The lowest BCUT2D eigenvalue weighted by Crippen LogP contribution is -2.50. The van der Waals surface area contributed by atoms with Crippen LogP contribution < -0.4 is 0 Å². The Morgan fingerprint density at radius 3 is 2.00 bits per heavy atom. The number of hydrogen-bond donors (Lipinski definition) is 0. The van der Waals surface area contributed by atoms with Gasteiger partial charge >= 0.3 is 0 Å². The van der Waals surface area contributed by atoms with Gasteiger partial charge in [0.1, 0.15) is 0 Å². The van der Waals surface area contributed by atoms with E-state index in [9.17, 15) is 4.79 Å². The monoisotopic (exact) mass is 253 g/mol. The lowest BCUT2D eigenvalue weighted by atomic mass is 9.87. The third-order valence-corrected chi connectivity index (χ3v) is 4.71. The van der Waals surface area contributed by atoms with Gasteiger partial charge in [0, 0.05) is 6.42 Å². The summed E-state index contributed by atoms with van der Waals surface area (Å²) in [6.07, 6.45) is 8.16. The van der Waals surface area contributed by atoms with Crippen LogP contribution in [0.15, 0.2) is 0 Å². The fourth-order valence-electron chi connectivity index (χ4n) is 2.90. The van der Waals surface area contributed by atoms with Gasteiger partial charge in [-0.2, -0.15) is 0 Å². The van der Waals surface area contributed by atoms with Gasteiger partial charge in [-0.15, -0.1) is 0 Å². The first-order chi connectivity index (χ1) is 8.52. The second kappa shape index (κ2) is 7.28. The summed E-state index contributed by atoms with van der Waals surface area (Å²) in [6, 6.07) is 0. The maximum Gasteiger partial charge on any atom is 0.152 e. The highest BCUT2D eigenvalue weighted by atomic mass is 16.1. The van der Waals surface area contributed by atoms with Crippen molar-refractivity contribution in [2.24, 2.45) is 5.92 Å². The van der Waals surface area contributed by atoms with E-state index in [1.54, 1.807) is 0 Å². The molecular weight excluding hydrogens is 222 g/mol. The molecule has 1 aliphatic heterocycles. The number of Topliss-reactive ketones (excluding diaryl/α,β-unsaturated/α-hetero) is 1. The van der Waals surface area contributed by atoms with E-state index in [0.29, 0.717) is 11.7 Å². The Bertz CT molecular complexity index is 248. The summed E-state index contributed by atoms with van der Waals surface area (Å²) in [5, 5.41) is 0. The average Bonchev–Trinajstić information content (AvgIpc) is 2.64. The minimum Gasteiger partial charge on any atom is -0.298 e. The lowest BCUT2D eigenvalue weighted by Gasteiger charge is -2.37. The molecule has 1 saturated heterocycles. The summed E-state index contributed by atoms with van der Waals surface area (Å²) >= 11 is 0. The molecule has 0 spiro atoms. The Balaban J connectivity index is 2.62. The maximum absolute atomic E-state index is 12.6. The molecule has 2 heteroatoms. The minimum atomic E-state index is -0.257. The Kier molecular flexibility index (Phi) is 6.34. The third kappa shape index (κ3) is 4.08. The van der Waals surface area contributed by atoms with Gasteiger partial charge in [-0.25, -0.2) is 0 Å². The molecule has 0 amide bonds. The number of likely N-dealkylation sites (tertiary alicyclic amines) is 1.